The number of nitrogens with one attached hydrogen (secondary N) is 2. The predicted octanol–water partition coefficient (Wildman–Crippen LogP) is 5.01. The minimum absolute atomic E-state index is 0.164. The Labute approximate surface area is 217 Å². The van der Waals surface area contributed by atoms with E-state index in [4.69, 9.17) is 9.47 Å². The van der Waals surface area contributed by atoms with E-state index in [1.165, 1.54) is 16.9 Å². The summed E-state index contributed by atoms with van der Waals surface area (Å²) in [4.78, 5) is 28.1. The number of amides is 2. The molecule has 192 valence electrons. The Bertz CT molecular complexity index is 1280. The van der Waals surface area contributed by atoms with Crippen molar-refractivity contribution in [3.8, 4) is 11.5 Å². The number of carbonyl (C=O) groups excluding carboxylic acids is 2. The zero-order chi connectivity index (χ0) is 25.8. The smallest absolute Gasteiger partial charge is 0.263 e. The van der Waals surface area contributed by atoms with Crippen LogP contribution in [0.2, 0.25) is 0 Å². The normalized spacial score (nSPS) is 19.0. The number of benzene rings is 3. The van der Waals surface area contributed by atoms with Crippen LogP contribution in [0.1, 0.15) is 57.5 Å². The van der Waals surface area contributed by atoms with Gasteiger partial charge in [-0.25, -0.2) is 0 Å². The zero-order valence-corrected chi connectivity index (χ0v) is 21.3. The van der Waals surface area contributed by atoms with Crippen molar-refractivity contribution in [1.29, 1.82) is 0 Å². The Balaban J connectivity index is 1.33. The van der Waals surface area contributed by atoms with Gasteiger partial charge < -0.3 is 20.1 Å². The lowest BCUT2D eigenvalue weighted by atomic mass is 9.89. The van der Waals surface area contributed by atoms with Crippen molar-refractivity contribution < 1.29 is 19.1 Å². The lowest BCUT2D eigenvalue weighted by molar-refractivity contribution is 0.0642. The van der Waals surface area contributed by atoms with Gasteiger partial charge in [0, 0.05) is 24.3 Å². The molecule has 2 N–H and O–H groups in total. The number of anilines is 1. The SMILES string of the molecule is COc1ccc(CN2C(=O)c3cccc(NC4CCCCC4NCc4ccccc4)c3C2=O)cc1OC. The first-order chi connectivity index (χ1) is 18.1. The summed E-state index contributed by atoms with van der Waals surface area (Å²) in [6.45, 7) is 0.962. The molecule has 1 aliphatic carbocycles. The van der Waals surface area contributed by atoms with E-state index in [-0.39, 0.29) is 30.4 Å². The van der Waals surface area contributed by atoms with Crippen LogP contribution < -0.4 is 20.1 Å². The Morgan fingerprint density at radius 2 is 1.57 bits per heavy atom. The van der Waals surface area contributed by atoms with E-state index in [1.54, 1.807) is 32.4 Å². The van der Waals surface area contributed by atoms with Crippen LogP contribution in [0.5, 0.6) is 11.5 Å². The number of rotatable bonds is 9. The lowest BCUT2D eigenvalue weighted by Crippen LogP contribution is -2.46. The average molecular weight is 500 g/mol. The largest absolute Gasteiger partial charge is 0.493 e. The van der Waals surface area contributed by atoms with E-state index < -0.39 is 0 Å². The summed E-state index contributed by atoms with van der Waals surface area (Å²) in [5, 5.41) is 7.35. The van der Waals surface area contributed by atoms with E-state index >= 15 is 0 Å². The van der Waals surface area contributed by atoms with Crippen LogP contribution in [0.3, 0.4) is 0 Å². The number of hydrogen-bond acceptors (Lipinski definition) is 6. The van der Waals surface area contributed by atoms with Crippen molar-refractivity contribution in [3.63, 3.8) is 0 Å². The monoisotopic (exact) mass is 499 g/mol. The van der Waals surface area contributed by atoms with Gasteiger partial charge in [0.25, 0.3) is 11.8 Å². The molecule has 2 unspecified atom stereocenters. The molecular formula is C30H33N3O4. The molecule has 0 aromatic heterocycles. The van der Waals surface area contributed by atoms with Crippen molar-refractivity contribution in [1.82, 2.24) is 10.2 Å². The van der Waals surface area contributed by atoms with Gasteiger partial charge in [-0.1, -0.05) is 55.3 Å². The molecule has 1 fully saturated rings. The van der Waals surface area contributed by atoms with Crippen molar-refractivity contribution in [2.75, 3.05) is 19.5 Å². The molecular weight excluding hydrogens is 466 g/mol. The van der Waals surface area contributed by atoms with Gasteiger partial charge >= 0.3 is 0 Å². The summed E-state index contributed by atoms with van der Waals surface area (Å²) in [5.74, 6) is 0.608. The molecule has 2 atom stereocenters. The number of carbonyl (C=O) groups is 2. The maximum absolute atomic E-state index is 13.5. The van der Waals surface area contributed by atoms with Gasteiger partial charge in [0.05, 0.1) is 31.9 Å². The Hall–Kier alpha value is -3.84. The van der Waals surface area contributed by atoms with Crippen molar-refractivity contribution in [2.24, 2.45) is 0 Å². The minimum atomic E-state index is -0.277. The average Bonchev–Trinajstić information content (AvgIpc) is 3.18. The third-order valence-electron chi connectivity index (χ3n) is 7.31. The van der Waals surface area contributed by atoms with Gasteiger partial charge in [-0.2, -0.15) is 0 Å². The molecule has 37 heavy (non-hydrogen) atoms. The highest BCUT2D eigenvalue weighted by atomic mass is 16.5. The van der Waals surface area contributed by atoms with Gasteiger partial charge in [-0.05, 0) is 48.2 Å². The molecule has 1 aliphatic heterocycles. The van der Waals surface area contributed by atoms with Gasteiger partial charge in [-0.15, -0.1) is 0 Å². The number of ether oxygens (including phenoxy) is 2. The first-order valence-corrected chi connectivity index (χ1v) is 12.8. The van der Waals surface area contributed by atoms with E-state index in [0.717, 1.165) is 37.1 Å². The Morgan fingerprint density at radius 1 is 0.811 bits per heavy atom. The fourth-order valence-electron chi connectivity index (χ4n) is 5.35. The Kier molecular flexibility index (Phi) is 7.42. The summed E-state index contributed by atoms with van der Waals surface area (Å²) in [6.07, 6.45) is 4.38. The van der Waals surface area contributed by atoms with E-state index in [2.05, 4.69) is 34.9 Å². The highest BCUT2D eigenvalue weighted by Crippen LogP contribution is 2.34. The van der Waals surface area contributed by atoms with E-state index in [9.17, 15) is 9.59 Å². The highest BCUT2D eigenvalue weighted by Gasteiger charge is 2.38. The Morgan fingerprint density at radius 3 is 2.32 bits per heavy atom. The third kappa shape index (κ3) is 5.18. The van der Waals surface area contributed by atoms with E-state index in [1.807, 2.05) is 24.3 Å². The summed E-state index contributed by atoms with van der Waals surface area (Å²) < 4.78 is 10.7. The standard InChI is InChI=1S/C30H33N3O4/c1-36-26-16-15-21(17-27(26)37-2)19-33-29(34)22-11-8-14-25(28(22)30(33)35)32-24-13-7-6-12-23(24)31-18-20-9-4-3-5-10-20/h3-5,8-11,14-17,23-24,31-32H,6-7,12-13,18-19H2,1-2H3. The van der Waals surface area contributed by atoms with Crippen LogP contribution in [0, 0.1) is 0 Å². The van der Waals surface area contributed by atoms with Crippen molar-refractivity contribution >= 4 is 17.5 Å². The third-order valence-corrected chi connectivity index (χ3v) is 7.31. The molecule has 7 heteroatoms. The van der Waals surface area contributed by atoms with Crippen molar-refractivity contribution in [2.45, 2.75) is 50.9 Å². The summed E-state index contributed by atoms with van der Waals surface area (Å²) in [7, 11) is 3.14. The maximum atomic E-state index is 13.5. The molecule has 0 radical (unpaired) electrons. The minimum Gasteiger partial charge on any atom is -0.493 e. The van der Waals surface area contributed by atoms with Crippen LogP contribution in [-0.2, 0) is 13.1 Å². The molecule has 0 bridgehead atoms. The predicted molar refractivity (Wildman–Crippen MR) is 143 cm³/mol. The maximum Gasteiger partial charge on any atom is 0.263 e. The lowest BCUT2D eigenvalue weighted by Gasteiger charge is -2.34. The van der Waals surface area contributed by atoms with Crippen molar-refractivity contribution in [3.05, 3.63) is 89.0 Å². The summed E-state index contributed by atoms with van der Waals surface area (Å²) in [5.41, 5.74) is 3.67. The molecule has 0 spiro atoms. The number of nitrogens with zero attached hydrogens (tertiary/aromatic N) is 1. The number of fused-ring (bicyclic) bond motifs is 1. The number of methoxy groups -OCH3 is 2. The summed E-state index contributed by atoms with van der Waals surface area (Å²) >= 11 is 0. The van der Waals surface area contributed by atoms with Crippen LogP contribution in [0.4, 0.5) is 5.69 Å². The first kappa shape index (κ1) is 24.8. The molecule has 2 aliphatic rings. The van der Waals surface area contributed by atoms with Crippen LogP contribution >= 0.6 is 0 Å². The molecule has 3 aromatic carbocycles. The zero-order valence-electron chi connectivity index (χ0n) is 21.3. The second-order valence-corrected chi connectivity index (χ2v) is 9.62. The van der Waals surface area contributed by atoms with E-state index in [0.29, 0.717) is 22.6 Å². The topological polar surface area (TPSA) is 79.9 Å². The molecule has 1 heterocycles. The molecule has 0 saturated heterocycles. The molecule has 3 aromatic rings. The van der Waals surface area contributed by atoms with Gasteiger partial charge in [0.2, 0.25) is 0 Å². The molecule has 2 amide bonds. The quantitative estimate of drug-likeness (QED) is 0.403. The van der Waals surface area contributed by atoms with Gasteiger partial charge in [0.1, 0.15) is 0 Å². The number of hydrogen-bond donors (Lipinski definition) is 2. The van der Waals surface area contributed by atoms with Gasteiger partial charge in [-0.3, -0.25) is 14.5 Å². The van der Waals surface area contributed by atoms with Gasteiger partial charge in [0.15, 0.2) is 11.5 Å². The highest BCUT2D eigenvalue weighted by molar-refractivity contribution is 6.23. The molecule has 7 nitrogen and oxygen atoms in total. The first-order valence-electron chi connectivity index (χ1n) is 12.8. The molecule has 5 rings (SSSR count). The fourth-order valence-corrected chi connectivity index (χ4v) is 5.35. The second-order valence-electron chi connectivity index (χ2n) is 9.62. The summed E-state index contributed by atoms with van der Waals surface area (Å²) in [6, 6.07) is 21.7. The van der Waals surface area contributed by atoms with Crippen LogP contribution in [0.25, 0.3) is 0 Å². The number of imide groups is 1. The van der Waals surface area contributed by atoms with Crippen LogP contribution in [-0.4, -0.2) is 43.0 Å². The second kappa shape index (κ2) is 11.0. The van der Waals surface area contributed by atoms with Crippen LogP contribution in [0.15, 0.2) is 66.7 Å². The fraction of sp³-hybridized carbons (Fsp3) is 0.333. The molecule has 1 saturated carbocycles.